The van der Waals surface area contributed by atoms with Crippen LogP contribution in [0.3, 0.4) is 0 Å². The van der Waals surface area contributed by atoms with Crippen LogP contribution in [0.5, 0.6) is 5.75 Å². The Morgan fingerprint density at radius 3 is 2.54 bits per heavy atom. The molecule has 0 saturated heterocycles. The average Bonchev–Trinajstić information content (AvgIpc) is 2.60. The number of hydrogen-bond donors (Lipinski definition) is 1. The second-order valence-corrected chi connectivity index (χ2v) is 5.95. The van der Waals surface area contributed by atoms with Crippen molar-refractivity contribution in [1.82, 2.24) is 0 Å². The molecule has 0 aliphatic carbocycles. The highest BCUT2D eigenvalue weighted by atomic mass is 16.6. The number of rotatable bonds is 7. The molecule has 2 atom stereocenters. The van der Waals surface area contributed by atoms with Gasteiger partial charge in [-0.25, -0.2) is 4.79 Å². The summed E-state index contributed by atoms with van der Waals surface area (Å²) in [6.07, 6.45) is 0. The van der Waals surface area contributed by atoms with Crippen LogP contribution in [0.1, 0.15) is 25.3 Å². The van der Waals surface area contributed by atoms with Crippen LogP contribution in [0.15, 0.2) is 40.5 Å². The first kappa shape index (κ1) is 19.7. The zero-order valence-electron chi connectivity index (χ0n) is 15.3. The minimum Gasteiger partial charge on any atom is -0.497 e. The molecular weight excluding hydrogens is 338 g/mol. The van der Waals surface area contributed by atoms with Crippen LogP contribution in [0.2, 0.25) is 0 Å². The predicted octanol–water partition coefficient (Wildman–Crippen LogP) is 2.42. The van der Waals surface area contributed by atoms with Crippen LogP contribution in [0.4, 0.5) is 0 Å². The zero-order valence-corrected chi connectivity index (χ0v) is 15.3. The largest absolute Gasteiger partial charge is 0.497 e. The van der Waals surface area contributed by atoms with E-state index < -0.39 is 23.8 Å². The van der Waals surface area contributed by atoms with E-state index in [-0.39, 0.29) is 18.8 Å². The van der Waals surface area contributed by atoms with E-state index in [9.17, 15) is 14.7 Å². The second kappa shape index (κ2) is 8.62. The number of methoxy groups -OCH3 is 2. The summed E-state index contributed by atoms with van der Waals surface area (Å²) in [6, 6.07) is 7.03. The van der Waals surface area contributed by atoms with Gasteiger partial charge in [-0.05, 0) is 31.5 Å². The number of carbonyl (C=O) groups is 2. The fraction of sp³-hybridized carbons (Fsp3) is 0.421. The maximum atomic E-state index is 12.7. The normalized spacial score (nSPS) is 19.8. The number of allylic oxidation sites excluding steroid dienone is 1. The lowest BCUT2D eigenvalue weighted by Crippen LogP contribution is -2.35. The third-order valence-electron chi connectivity index (χ3n) is 4.29. The highest BCUT2D eigenvalue weighted by Gasteiger charge is 2.41. The Morgan fingerprint density at radius 1 is 1.19 bits per heavy atom. The van der Waals surface area contributed by atoms with Gasteiger partial charge in [0.25, 0.3) is 0 Å². The van der Waals surface area contributed by atoms with Gasteiger partial charge in [0.05, 0.1) is 19.3 Å². The zero-order chi connectivity index (χ0) is 19.3. The number of hydrogen-bond acceptors (Lipinski definition) is 6. The topological polar surface area (TPSA) is 94.4 Å². The SMILES string of the molecule is COCCOC(=O)C1=C(C)N=C(C)C(C(=O)O)C1c1cccc(OC)c1. The molecule has 26 heavy (non-hydrogen) atoms. The van der Waals surface area contributed by atoms with Crippen molar-refractivity contribution in [3.8, 4) is 5.75 Å². The van der Waals surface area contributed by atoms with Gasteiger partial charge in [-0.1, -0.05) is 12.1 Å². The second-order valence-electron chi connectivity index (χ2n) is 5.95. The van der Waals surface area contributed by atoms with Gasteiger partial charge < -0.3 is 19.3 Å². The summed E-state index contributed by atoms with van der Waals surface area (Å²) in [5, 5.41) is 9.76. The van der Waals surface area contributed by atoms with E-state index in [0.29, 0.717) is 22.7 Å². The summed E-state index contributed by atoms with van der Waals surface area (Å²) in [6.45, 7) is 3.67. The van der Waals surface area contributed by atoms with Crippen molar-refractivity contribution in [3.05, 3.63) is 41.1 Å². The lowest BCUT2D eigenvalue weighted by Gasteiger charge is -2.30. The highest BCUT2D eigenvalue weighted by molar-refractivity contribution is 6.06. The number of esters is 1. The summed E-state index contributed by atoms with van der Waals surface area (Å²) in [4.78, 5) is 28.9. The van der Waals surface area contributed by atoms with E-state index in [1.165, 1.54) is 14.2 Å². The molecule has 0 fully saturated rings. The van der Waals surface area contributed by atoms with Gasteiger partial charge in [0.15, 0.2) is 0 Å². The summed E-state index contributed by atoms with van der Waals surface area (Å²) >= 11 is 0. The van der Waals surface area contributed by atoms with Gasteiger partial charge in [0.2, 0.25) is 0 Å². The Kier molecular flexibility index (Phi) is 6.52. The molecule has 0 saturated carbocycles. The Morgan fingerprint density at radius 2 is 1.92 bits per heavy atom. The molecule has 1 aliphatic rings. The molecule has 1 aromatic rings. The maximum Gasteiger partial charge on any atom is 0.336 e. The molecule has 1 aromatic carbocycles. The first-order valence-electron chi connectivity index (χ1n) is 8.19. The van der Waals surface area contributed by atoms with E-state index >= 15 is 0 Å². The first-order valence-corrected chi connectivity index (χ1v) is 8.19. The van der Waals surface area contributed by atoms with Crippen LogP contribution in [-0.4, -0.2) is 50.2 Å². The summed E-state index contributed by atoms with van der Waals surface area (Å²) < 4.78 is 15.4. The van der Waals surface area contributed by atoms with E-state index in [2.05, 4.69) is 4.99 Å². The Labute approximate surface area is 152 Å². The predicted molar refractivity (Wildman–Crippen MR) is 95.5 cm³/mol. The van der Waals surface area contributed by atoms with Gasteiger partial charge in [0, 0.05) is 24.4 Å². The van der Waals surface area contributed by atoms with Crippen molar-refractivity contribution in [1.29, 1.82) is 0 Å². The van der Waals surface area contributed by atoms with Crippen LogP contribution in [-0.2, 0) is 19.1 Å². The summed E-state index contributed by atoms with van der Waals surface area (Å²) in [5.41, 5.74) is 1.79. The number of carbonyl (C=O) groups excluding carboxylic acids is 1. The maximum absolute atomic E-state index is 12.7. The molecule has 0 radical (unpaired) electrons. The molecule has 140 valence electrons. The number of ether oxygens (including phenoxy) is 3. The molecule has 1 N–H and O–H groups in total. The third-order valence-corrected chi connectivity index (χ3v) is 4.29. The number of carboxylic acids is 1. The van der Waals surface area contributed by atoms with Crippen LogP contribution >= 0.6 is 0 Å². The van der Waals surface area contributed by atoms with Crippen molar-refractivity contribution in [2.24, 2.45) is 10.9 Å². The van der Waals surface area contributed by atoms with Gasteiger partial charge in [-0.2, -0.15) is 0 Å². The smallest absolute Gasteiger partial charge is 0.336 e. The quantitative estimate of drug-likeness (QED) is 0.592. The van der Waals surface area contributed by atoms with Crippen LogP contribution in [0, 0.1) is 5.92 Å². The fourth-order valence-corrected chi connectivity index (χ4v) is 3.11. The van der Waals surface area contributed by atoms with Gasteiger partial charge >= 0.3 is 11.9 Å². The third kappa shape index (κ3) is 4.11. The minimum atomic E-state index is -1.05. The highest BCUT2D eigenvalue weighted by Crippen LogP contribution is 2.40. The standard InChI is InChI=1S/C19H23NO6/c1-11-15(18(21)22)17(13-6-5-7-14(10-13)25-4)16(12(2)20-11)19(23)26-9-8-24-3/h5-7,10,15,17H,8-9H2,1-4H3,(H,21,22). The van der Waals surface area contributed by atoms with E-state index in [4.69, 9.17) is 14.2 Å². The van der Waals surface area contributed by atoms with Crippen molar-refractivity contribution >= 4 is 17.7 Å². The van der Waals surface area contributed by atoms with Crippen LogP contribution in [0.25, 0.3) is 0 Å². The molecule has 7 heteroatoms. The van der Waals surface area contributed by atoms with Crippen molar-refractivity contribution in [3.63, 3.8) is 0 Å². The number of aliphatic carboxylic acids is 1. The average molecular weight is 361 g/mol. The van der Waals surface area contributed by atoms with Gasteiger partial charge in [-0.15, -0.1) is 0 Å². The number of nitrogens with zero attached hydrogens (tertiary/aromatic N) is 1. The Balaban J connectivity index is 2.53. The molecule has 0 spiro atoms. The van der Waals surface area contributed by atoms with Crippen molar-refractivity contribution in [2.45, 2.75) is 19.8 Å². The van der Waals surface area contributed by atoms with Crippen molar-refractivity contribution < 1.29 is 28.9 Å². The first-order chi connectivity index (χ1) is 12.4. The van der Waals surface area contributed by atoms with Gasteiger partial charge in [0.1, 0.15) is 18.3 Å². The molecule has 7 nitrogen and oxygen atoms in total. The number of carboxylic acid groups (broad SMARTS) is 1. The molecule has 0 bridgehead atoms. The molecule has 0 amide bonds. The molecule has 1 aliphatic heterocycles. The lowest BCUT2D eigenvalue weighted by atomic mass is 9.75. The van der Waals surface area contributed by atoms with Gasteiger partial charge in [-0.3, -0.25) is 9.79 Å². The molecular formula is C19H23NO6. The van der Waals surface area contributed by atoms with Crippen molar-refractivity contribution in [2.75, 3.05) is 27.4 Å². The monoisotopic (exact) mass is 361 g/mol. The number of aliphatic imine (C=N–C) groups is 1. The molecule has 0 aromatic heterocycles. The van der Waals surface area contributed by atoms with E-state index in [1.54, 1.807) is 38.1 Å². The Hall–Kier alpha value is -2.67. The number of benzene rings is 1. The summed E-state index contributed by atoms with van der Waals surface area (Å²) in [7, 11) is 3.04. The molecule has 1 heterocycles. The van der Waals surface area contributed by atoms with Crippen LogP contribution < -0.4 is 4.74 Å². The molecule has 2 unspecified atom stereocenters. The lowest BCUT2D eigenvalue weighted by molar-refractivity contribution is -0.142. The molecule has 2 rings (SSSR count). The van der Waals surface area contributed by atoms with E-state index in [1.807, 2.05) is 0 Å². The minimum absolute atomic E-state index is 0.0807. The van der Waals surface area contributed by atoms with E-state index in [0.717, 1.165) is 0 Å². The summed E-state index contributed by atoms with van der Waals surface area (Å²) in [5.74, 6) is -2.73. The Bertz CT molecular complexity index is 752. The fourth-order valence-electron chi connectivity index (χ4n) is 3.11.